The molecule has 0 aliphatic rings. The van der Waals surface area contributed by atoms with E-state index in [4.69, 9.17) is 11.6 Å². The van der Waals surface area contributed by atoms with E-state index in [0.717, 1.165) is 0 Å². The number of ether oxygens (including phenoxy) is 2. The maximum Gasteiger partial charge on any atom is 0.475 e. The summed E-state index contributed by atoms with van der Waals surface area (Å²) in [7, 11) is 0. The van der Waals surface area contributed by atoms with Gasteiger partial charge in [0.25, 0.3) is 5.24 Å². The molecule has 0 saturated heterocycles. The van der Waals surface area contributed by atoms with Crippen LogP contribution < -0.4 is 9.47 Å². The minimum atomic E-state index is -5.19. The number of benzene rings is 1. The Kier molecular flexibility index (Phi) is 6.28. The van der Waals surface area contributed by atoms with E-state index in [0.29, 0.717) is 12.1 Å². The molecule has 14 heteroatoms. The number of carbonyl (C=O) groups excluding carboxylic acids is 1. The van der Waals surface area contributed by atoms with Crippen LogP contribution in [-0.4, -0.2) is 27.1 Å². The summed E-state index contributed by atoms with van der Waals surface area (Å²) in [4.78, 5) is 1.28. The molecule has 25 heavy (non-hydrogen) atoms. The summed E-state index contributed by atoms with van der Waals surface area (Å²) in [6.07, 6.45) is -10.4. The van der Waals surface area contributed by atoms with Gasteiger partial charge in [-0.25, -0.2) is 0 Å². The number of hydrogen-bond donors (Lipinski definition) is 0. The Balaban J connectivity index is 3.30. The van der Waals surface area contributed by atoms with Gasteiger partial charge in [-0.1, -0.05) is 0 Å². The molecule has 1 aromatic carbocycles. The SMILES string of the molecule is O=C(Cl)c1cc(OC(F)(F)C(F)(F)Br)cc(OC(F)(F)C(F)(F)Br)c1. The summed E-state index contributed by atoms with van der Waals surface area (Å²) in [5.41, 5.74) is -0.823. The fourth-order valence-corrected chi connectivity index (χ4v) is 1.49. The van der Waals surface area contributed by atoms with Crippen LogP contribution in [0, 0.1) is 0 Å². The lowest BCUT2D eigenvalue weighted by atomic mass is 10.2. The second-order valence-corrected chi connectivity index (χ2v) is 6.54. The van der Waals surface area contributed by atoms with Crippen molar-refractivity contribution in [3.63, 3.8) is 0 Å². The predicted molar refractivity (Wildman–Crippen MR) is 75.5 cm³/mol. The van der Waals surface area contributed by atoms with E-state index in [2.05, 4.69) is 9.47 Å². The Morgan fingerprint density at radius 1 is 0.800 bits per heavy atom. The molecule has 0 aliphatic heterocycles. The number of hydrogen-bond acceptors (Lipinski definition) is 3. The second-order valence-electron chi connectivity index (χ2n) is 4.20. The third-order valence-electron chi connectivity index (χ3n) is 2.26. The lowest BCUT2D eigenvalue weighted by Gasteiger charge is -2.24. The van der Waals surface area contributed by atoms with Crippen molar-refractivity contribution in [2.75, 3.05) is 0 Å². The summed E-state index contributed by atoms with van der Waals surface area (Å²) >= 11 is 7.71. The van der Waals surface area contributed by atoms with Crippen LogP contribution >= 0.6 is 43.5 Å². The zero-order valence-electron chi connectivity index (χ0n) is 11.1. The summed E-state index contributed by atoms with van der Waals surface area (Å²) < 4.78 is 111. The van der Waals surface area contributed by atoms with Gasteiger partial charge in [0.1, 0.15) is 11.5 Å². The van der Waals surface area contributed by atoms with E-state index in [1.54, 1.807) is 0 Å². The number of rotatable bonds is 7. The van der Waals surface area contributed by atoms with Crippen LogP contribution in [0.15, 0.2) is 18.2 Å². The first-order valence-corrected chi connectivity index (χ1v) is 7.55. The highest BCUT2D eigenvalue weighted by molar-refractivity contribution is 9.10. The third kappa shape index (κ3) is 5.58. The summed E-state index contributed by atoms with van der Waals surface area (Å²) in [6, 6.07) is 0.932. The maximum atomic E-state index is 13.2. The summed E-state index contributed by atoms with van der Waals surface area (Å²) in [5.74, 6) is -2.56. The van der Waals surface area contributed by atoms with Gasteiger partial charge in [0, 0.05) is 43.5 Å². The molecule has 0 saturated carbocycles. The summed E-state index contributed by atoms with van der Waals surface area (Å²) in [5, 5.41) is -1.42. The molecule has 1 rings (SSSR count). The van der Waals surface area contributed by atoms with Gasteiger partial charge < -0.3 is 9.47 Å². The molecule has 0 heterocycles. The second kappa shape index (κ2) is 7.06. The van der Waals surface area contributed by atoms with Crippen molar-refractivity contribution in [1.29, 1.82) is 0 Å². The molecule has 0 spiro atoms. The highest BCUT2D eigenvalue weighted by Crippen LogP contribution is 2.44. The predicted octanol–water partition coefficient (Wildman–Crippen LogP) is 5.98. The first-order valence-electron chi connectivity index (χ1n) is 5.58. The normalized spacial score (nSPS) is 13.6. The van der Waals surface area contributed by atoms with E-state index in [1.165, 1.54) is 31.9 Å². The number of halogens is 11. The Labute approximate surface area is 155 Å². The van der Waals surface area contributed by atoms with Crippen molar-refractivity contribution in [3.05, 3.63) is 23.8 Å². The Morgan fingerprint density at radius 3 is 1.36 bits per heavy atom. The van der Waals surface area contributed by atoms with E-state index in [-0.39, 0.29) is 6.07 Å². The smallest absolute Gasteiger partial charge is 0.427 e. The Hall–Kier alpha value is -0.820. The van der Waals surface area contributed by atoms with Crippen LogP contribution in [-0.2, 0) is 0 Å². The zero-order valence-corrected chi connectivity index (χ0v) is 15.0. The van der Waals surface area contributed by atoms with E-state index < -0.39 is 44.2 Å². The molecule has 0 radical (unpaired) electrons. The van der Waals surface area contributed by atoms with Crippen molar-refractivity contribution < 1.29 is 49.4 Å². The zero-order chi connectivity index (χ0) is 19.8. The van der Waals surface area contributed by atoms with Gasteiger partial charge in [0.05, 0.1) is 0 Å². The van der Waals surface area contributed by atoms with Gasteiger partial charge >= 0.3 is 21.9 Å². The molecule has 3 nitrogen and oxygen atoms in total. The largest absolute Gasteiger partial charge is 0.475 e. The van der Waals surface area contributed by atoms with Crippen LogP contribution in [0.4, 0.5) is 35.1 Å². The molecule has 142 valence electrons. The fourth-order valence-electron chi connectivity index (χ4n) is 1.21. The topological polar surface area (TPSA) is 35.5 Å². The quantitative estimate of drug-likeness (QED) is 0.247. The van der Waals surface area contributed by atoms with Crippen molar-refractivity contribution in [2.45, 2.75) is 21.9 Å². The molecule has 0 amide bonds. The molecule has 0 bridgehead atoms. The van der Waals surface area contributed by atoms with E-state index >= 15 is 0 Å². The molecular weight excluding hydrogens is 527 g/mol. The van der Waals surface area contributed by atoms with Crippen LogP contribution in [0.3, 0.4) is 0 Å². The Bertz CT molecular complexity index is 613. The van der Waals surface area contributed by atoms with E-state index in [1.807, 2.05) is 0 Å². The fraction of sp³-hybridized carbons (Fsp3) is 0.364. The molecule has 0 unspecified atom stereocenters. The molecule has 0 aromatic heterocycles. The average Bonchev–Trinajstić information content (AvgIpc) is 2.34. The first-order chi connectivity index (χ1) is 11.0. The van der Waals surface area contributed by atoms with Crippen LogP contribution in [0.1, 0.15) is 10.4 Å². The van der Waals surface area contributed by atoms with Crippen molar-refractivity contribution >= 4 is 48.7 Å². The van der Waals surface area contributed by atoms with Crippen LogP contribution in [0.25, 0.3) is 0 Å². The number of alkyl halides is 10. The number of carbonyl (C=O) groups is 1. The Morgan fingerprint density at radius 2 is 1.12 bits per heavy atom. The molecule has 0 atom stereocenters. The van der Waals surface area contributed by atoms with Crippen LogP contribution in [0.5, 0.6) is 11.5 Å². The average molecular weight is 530 g/mol. The lowest BCUT2D eigenvalue weighted by Crippen LogP contribution is -2.41. The van der Waals surface area contributed by atoms with Crippen LogP contribution in [0.2, 0.25) is 0 Å². The van der Waals surface area contributed by atoms with Crippen molar-refractivity contribution in [3.8, 4) is 11.5 Å². The van der Waals surface area contributed by atoms with Gasteiger partial charge in [-0.2, -0.15) is 35.1 Å². The van der Waals surface area contributed by atoms with Gasteiger partial charge in [-0.3, -0.25) is 4.79 Å². The monoisotopic (exact) mass is 528 g/mol. The van der Waals surface area contributed by atoms with Gasteiger partial charge in [0.2, 0.25) is 0 Å². The van der Waals surface area contributed by atoms with E-state index in [9.17, 15) is 39.9 Å². The van der Waals surface area contributed by atoms with Gasteiger partial charge in [-0.15, -0.1) is 0 Å². The van der Waals surface area contributed by atoms with Gasteiger partial charge in [0.15, 0.2) is 0 Å². The molecule has 0 aliphatic carbocycles. The van der Waals surface area contributed by atoms with Crippen molar-refractivity contribution in [1.82, 2.24) is 0 Å². The standard InChI is InChI=1S/C11H3Br2ClF8O3/c12-8(15,16)10(19,20)24-5-1-4(7(14)23)2-6(3-5)25-11(21,22)9(13,17)18/h1-3H. The molecule has 0 fully saturated rings. The highest BCUT2D eigenvalue weighted by Gasteiger charge is 2.59. The van der Waals surface area contributed by atoms with Crippen molar-refractivity contribution in [2.24, 2.45) is 0 Å². The lowest BCUT2D eigenvalue weighted by molar-refractivity contribution is -0.268. The minimum absolute atomic E-state index is 0.155. The summed E-state index contributed by atoms with van der Waals surface area (Å²) in [6.45, 7) is 0. The maximum absolute atomic E-state index is 13.2. The van der Waals surface area contributed by atoms with Gasteiger partial charge in [-0.05, 0) is 23.7 Å². The molecule has 1 aromatic rings. The third-order valence-corrected chi connectivity index (χ3v) is 3.40. The minimum Gasteiger partial charge on any atom is -0.427 e. The molecule has 0 N–H and O–H groups in total. The highest BCUT2D eigenvalue weighted by atomic mass is 79.9. The molecular formula is C11H3Br2ClF8O3. The first kappa shape index (κ1) is 22.2.